The van der Waals surface area contributed by atoms with Gasteiger partial charge in [-0.25, -0.2) is 0 Å². The van der Waals surface area contributed by atoms with Crippen molar-refractivity contribution in [1.29, 1.82) is 0 Å². The number of rotatable bonds is 4. The molecule has 1 amide bonds. The minimum atomic E-state index is -0.178. The minimum absolute atomic E-state index is 0.178. The van der Waals surface area contributed by atoms with Gasteiger partial charge in [-0.1, -0.05) is 38.6 Å². The zero-order valence-electron chi connectivity index (χ0n) is 9.39. The second-order valence-electron chi connectivity index (χ2n) is 3.46. The van der Waals surface area contributed by atoms with Crippen molar-refractivity contribution < 1.29 is 4.79 Å². The molecule has 0 aliphatic rings. The number of hydrogen-bond acceptors (Lipinski definition) is 4. The molecule has 4 nitrogen and oxygen atoms in total. The molecule has 6 heteroatoms. The molecular formula is C12H10BrN3OS. The number of carbonyl (C=O) groups is 1. The Hall–Kier alpha value is -1.53. The number of aromatic nitrogens is 2. The Morgan fingerprint density at radius 2 is 2.17 bits per heavy atom. The molecule has 0 spiro atoms. The highest BCUT2D eigenvalue weighted by Crippen LogP contribution is 2.25. The first-order chi connectivity index (χ1) is 8.72. The summed E-state index contributed by atoms with van der Waals surface area (Å²) in [7, 11) is 0. The Balaban J connectivity index is 2.29. The highest BCUT2D eigenvalue weighted by Gasteiger charge is 2.16. The third kappa shape index (κ3) is 2.83. The zero-order valence-corrected chi connectivity index (χ0v) is 11.8. The highest BCUT2D eigenvalue weighted by molar-refractivity contribution is 9.10. The summed E-state index contributed by atoms with van der Waals surface area (Å²) >= 11 is 4.45. The zero-order chi connectivity index (χ0) is 13.0. The summed E-state index contributed by atoms with van der Waals surface area (Å²) in [5, 5.41) is 6.73. The Kier molecular flexibility index (Phi) is 4.22. The topological polar surface area (TPSA) is 54.9 Å². The van der Waals surface area contributed by atoms with Gasteiger partial charge in [0, 0.05) is 16.6 Å². The number of nitrogens with zero attached hydrogens (tertiary/aromatic N) is 2. The van der Waals surface area contributed by atoms with E-state index in [0.717, 1.165) is 21.6 Å². The monoisotopic (exact) mass is 323 g/mol. The van der Waals surface area contributed by atoms with Crippen molar-refractivity contribution >= 4 is 33.4 Å². The first-order valence-corrected chi connectivity index (χ1v) is 6.76. The molecule has 0 aliphatic heterocycles. The molecule has 1 N–H and O–H groups in total. The quantitative estimate of drug-likeness (QED) is 0.880. The molecule has 0 radical (unpaired) electrons. The number of halogens is 1. The third-order valence-corrected chi connectivity index (χ3v) is 3.47. The highest BCUT2D eigenvalue weighted by atomic mass is 79.9. The predicted molar refractivity (Wildman–Crippen MR) is 75.6 cm³/mol. The molecule has 92 valence electrons. The first kappa shape index (κ1) is 12.9. The molecule has 0 bridgehead atoms. The molecule has 1 aromatic carbocycles. The maximum absolute atomic E-state index is 11.9. The Labute approximate surface area is 117 Å². The number of benzene rings is 1. The maximum Gasteiger partial charge on any atom is 0.265 e. The molecule has 0 atom stereocenters. The van der Waals surface area contributed by atoms with Crippen molar-refractivity contribution in [3.63, 3.8) is 0 Å². The molecule has 0 saturated heterocycles. The van der Waals surface area contributed by atoms with E-state index in [9.17, 15) is 4.79 Å². The number of amides is 1. The standard InChI is InChI=1S/C12H10BrN3OS/c1-2-7-14-12(17)11-10(15-16-18-11)8-3-5-9(13)6-4-8/h2-6H,1,7H2,(H,14,17). The van der Waals surface area contributed by atoms with Crippen LogP contribution >= 0.6 is 27.5 Å². The molecule has 1 heterocycles. The van der Waals surface area contributed by atoms with E-state index in [1.54, 1.807) is 6.08 Å². The van der Waals surface area contributed by atoms with Crippen LogP contribution in [0.5, 0.6) is 0 Å². The van der Waals surface area contributed by atoms with E-state index in [2.05, 4.69) is 37.4 Å². The first-order valence-electron chi connectivity index (χ1n) is 5.19. The van der Waals surface area contributed by atoms with Crippen molar-refractivity contribution in [2.24, 2.45) is 0 Å². The summed E-state index contributed by atoms with van der Waals surface area (Å²) in [4.78, 5) is 12.4. The van der Waals surface area contributed by atoms with Gasteiger partial charge in [0.2, 0.25) is 0 Å². The summed E-state index contributed by atoms with van der Waals surface area (Å²) in [6.07, 6.45) is 1.63. The van der Waals surface area contributed by atoms with E-state index in [-0.39, 0.29) is 5.91 Å². The third-order valence-electron chi connectivity index (χ3n) is 2.22. The van der Waals surface area contributed by atoms with Crippen LogP contribution in [-0.4, -0.2) is 22.0 Å². The summed E-state index contributed by atoms with van der Waals surface area (Å²) in [5.74, 6) is -0.178. The van der Waals surface area contributed by atoms with Gasteiger partial charge in [-0.3, -0.25) is 4.79 Å². The van der Waals surface area contributed by atoms with Crippen LogP contribution in [-0.2, 0) is 0 Å². The number of nitrogens with one attached hydrogen (secondary N) is 1. The maximum atomic E-state index is 11.9. The van der Waals surface area contributed by atoms with Crippen molar-refractivity contribution in [2.45, 2.75) is 0 Å². The Morgan fingerprint density at radius 3 is 2.83 bits per heavy atom. The van der Waals surface area contributed by atoms with Gasteiger partial charge < -0.3 is 5.32 Å². The van der Waals surface area contributed by atoms with Crippen LogP contribution in [0.15, 0.2) is 41.4 Å². The van der Waals surface area contributed by atoms with Crippen LogP contribution in [0.25, 0.3) is 11.3 Å². The van der Waals surface area contributed by atoms with E-state index >= 15 is 0 Å². The predicted octanol–water partition coefficient (Wildman–Crippen LogP) is 2.88. The van der Waals surface area contributed by atoms with E-state index in [0.29, 0.717) is 17.1 Å². The minimum Gasteiger partial charge on any atom is -0.348 e. The smallest absolute Gasteiger partial charge is 0.265 e. The van der Waals surface area contributed by atoms with Crippen LogP contribution in [0.2, 0.25) is 0 Å². The molecule has 0 unspecified atom stereocenters. The van der Waals surface area contributed by atoms with Gasteiger partial charge in [-0.15, -0.1) is 11.7 Å². The van der Waals surface area contributed by atoms with Crippen molar-refractivity contribution in [3.8, 4) is 11.3 Å². The van der Waals surface area contributed by atoms with Crippen LogP contribution in [0.1, 0.15) is 9.67 Å². The van der Waals surface area contributed by atoms with Gasteiger partial charge in [0.15, 0.2) is 0 Å². The van der Waals surface area contributed by atoms with Gasteiger partial charge in [0.1, 0.15) is 10.6 Å². The Bertz CT molecular complexity index is 565. The molecule has 0 saturated carbocycles. The van der Waals surface area contributed by atoms with Crippen LogP contribution < -0.4 is 5.32 Å². The van der Waals surface area contributed by atoms with Crippen LogP contribution in [0, 0.1) is 0 Å². The number of hydrogen-bond donors (Lipinski definition) is 1. The molecule has 2 rings (SSSR count). The normalized spacial score (nSPS) is 10.1. The van der Waals surface area contributed by atoms with E-state index in [1.165, 1.54) is 0 Å². The van der Waals surface area contributed by atoms with Gasteiger partial charge in [0.25, 0.3) is 5.91 Å². The molecule has 0 fully saturated rings. The lowest BCUT2D eigenvalue weighted by Crippen LogP contribution is -2.22. The molecule has 0 aliphatic carbocycles. The van der Waals surface area contributed by atoms with Gasteiger partial charge >= 0.3 is 0 Å². The molecule has 1 aromatic heterocycles. The summed E-state index contributed by atoms with van der Waals surface area (Å²) in [6, 6.07) is 7.59. The summed E-state index contributed by atoms with van der Waals surface area (Å²) in [6.45, 7) is 3.98. The van der Waals surface area contributed by atoms with E-state index < -0.39 is 0 Å². The lowest BCUT2D eigenvalue weighted by atomic mass is 10.1. The van der Waals surface area contributed by atoms with E-state index in [4.69, 9.17) is 0 Å². The van der Waals surface area contributed by atoms with Crippen LogP contribution in [0.4, 0.5) is 0 Å². The summed E-state index contributed by atoms with van der Waals surface area (Å²) in [5.41, 5.74) is 1.48. The van der Waals surface area contributed by atoms with E-state index in [1.807, 2.05) is 24.3 Å². The molecular weight excluding hydrogens is 314 g/mol. The average Bonchev–Trinajstić information content (AvgIpc) is 2.86. The molecule has 18 heavy (non-hydrogen) atoms. The van der Waals surface area contributed by atoms with Gasteiger partial charge in [0.05, 0.1) is 0 Å². The van der Waals surface area contributed by atoms with Gasteiger partial charge in [-0.05, 0) is 23.7 Å². The fourth-order valence-corrected chi connectivity index (χ4v) is 2.25. The SMILES string of the molecule is C=CCNC(=O)c1snnc1-c1ccc(Br)cc1. The second kappa shape index (κ2) is 5.88. The fourth-order valence-electron chi connectivity index (χ4n) is 1.38. The lowest BCUT2D eigenvalue weighted by molar-refractivity contribution is 0.0962. The largest absolute Gasteiger partial charge is 0.348 e. The fraction of sp³-hybridized carbons (Fsp3) is 0.0833. The van der Waals surface area contributed by atoms with Crippen molar-refractivity contribution in [1.82, 2.24) is 14.9 Å². The number of carbonyl (C=O) groups excluding carboxylic acids is 1. The van der Waals surface area contributed by atoms with Crippen LogP contribution in [0.3, 0.4) is 0 Å². The van der Waals surface area contributed by atoms with Crippen molar-refractivity contribution in [2.75, 3.05) is 6.54 Å². The lowest BCUT2D eigenvalue weighted by Gasteiger charge is -2.02. The average molecular weight is 324 g/mol. The Morgan fingerprint density at radius 1 is 1.44 bits per heavy atom. The van der Waals surface area contributed by atoms with Crippen molar-refractivity contribution in [3.05, 3.63) is 46.3 Å². The van der Waals surface area contributed by atoms with Gasteiger partial charge in [-0.2, -0.15) is 0 Å². The second-order valence-corrected chi connectivity index (χ2v) is 5.13. The summed E-state index contributed by atoms with van der Waals surface area (Å²) < 4.78 is 4.82. The molecule has 2 aromatic rings.